The summed E-state index contributed by atoms with van der Waals surface area (Å²) in [6.07, 6.45) is -0.384. The first-order valence-corrected chi connectivity index (χ1v) is 5.86. The molecule has 0 unspecified atom stereocenters. The Morgan fingerprint density at radius 3 is 2.56 bits per heavy atom. The summed E-state index contributed by atoms with van der Waals surface area (Å²) in [4.78, 5) is 11.1. The predicted octanol–water partition coefficient (Wildman–Crippen LogP) is 3.72. The van der Waals surface area contributed by atoms with Crippen LogP contribution in [0.2, 0.25) is 0 Å². The minimum atomic E-state index is -0.384. The topological polar surface area (TPSA) is 38.3 Å². The molecular weight excluding hydrogens is 226 g/mol. The quantitative estimate of drug-likeness (QED) is 0.823. The first-order valence-electron chi connectivity index (χ1n) is 5.86. The molecule has 3 rings (SSSR count). The lowest BCUT2D eigenvalue weighted by Gasteiger charge is -2.18. The van der Waals surface area contributed by atoms with Crippen molar-refractivity contribution in [2.75, 3.05) is 5.32 Å². The van der Waals surface area contributed by atoms with E-state index in [1.165, 1.54) is 11.1 Å². The standard InChI is InChI=1S/C15H13NO2/c1-10-2-4-11(5-3-10)12-6-7-14-13(8-12)9-18-15(17)16-14/h2-8H,9H2,1H3,(H,16,17). The first-order chi connectivity index (χ1) is 8.72. The maximum atomic E-state index is 11.1. The van der Waals surface area contributed by atoms with Crippen LogP contribution in [0.15, 0.2) is 42.5 Å². The zero-order valence-electron chi connectivity index (χ0n) is 10.1. The summed E-state index contributed by atoms with van der Waals surface area (Å²) in [5.74, 6) is 0. The fourth-order valence-corrected chi connectivity index (χ4v) is 2.05. The van der Waals surface area contributed by atoms with Crippen molar-refractivity contribution in [3.63, 3.8) is 0 Å². The number of carbonyl (C=O) groups excluding carboxylic acids is 1. The summed E-state index contributed by atoms with van der Waals surface area (Å²) in [5, 5.41) is 2.69. The maximum Gasteiger partial charge on any atom is 0.411 e. The summed E-state index contributed by atoms with van der Waals surface area (Å²) in [6, 6.07) is 14.4. The number of hydrogen-bond acceptors (Lipinski definition) is 2. The molecule has 3 nitrogen and oxygen atoms in total. The lowest BCUT2D eigenvalue weighted by molar-refractivity contribution is 0.151. The molecule has 0 aliphatic carbocycles. The van der Waals surface area contributed by atoms with E-state index in [1.807, 2.05) is 12.1 Å². The number of carbonyl (C=O) groups is 1. The third-order valence-corrected chi connectivity index (χ3v) is 3.09. The second-order valence-electron chi connectivity index (χ2n) is 4.44. The zero-order chi connectivity index (χ0) is 12.5. The Balaban J connectivity index is 1.99. The molecule has 18 heavy (non-hydrogen) atoms. The van der Waals surface area contributed by atoms with Crippen LogP contribution in [0.25, 0.3) is 11.1 Å². The molecular formula is C15H13NO2. The van der Waals surface area contributed by atoms with Crippen molar-refractivity contribution in [2.24, 2.45) is 0 Å². The minimum absolute atomic E-state index is 0.334. The van der Waals surface area contributed by atoms with Gasteiger partial charge in [0.25, 0.3) is 0 Å². The van der Waals surface area contributed by atoms with Crippen LogP contribution in [0.3, 0.4) is 0 Å². The smallest absolute Gasteiger partial charge is 0.411 e. The molecule has 0 aromatic heterocycles. The molecule has 3 heteroatoms. The summed E-state index contributed by atoms with van der Waals surface area (Å²) in [6.45, 7) is 2.40. The average Bonchev–Trinajstić information content (AvgIpc) is 2.39. The highest BCUT2D eigenvalue weighted by atomic mass is 16.5. The number of nitrogens with one attached hydrogen (secondary N) is 1. The molecule has 90 valence electrons. The summed E-state index contributed by atoms with van der Waals surface area (Å²) < 4.78 is 4.96. The molecule has 2 aromatic rings. The Morgan fingerprint density at radius 1 is 1.06 bits per heavy atom. The number of cyclic esters (lactones) is 1. The van der Waals surface area contributed by atoms with Crippen LogP contribution < -0.4 is 5.32 Å². The lowest BCUT2D eigenvalue weighted by atomic mass is 10.0. The van der Waals surface area contributed by atoms with Gasteiger partial charge in [-0.15, -0.1) is 0 Å². The molecule has 1 heterocycles. The molecule has 0 atom stereocenters. The SMILES string of the molecule is Cc1ccc(-c2ccc3c(c2)COC(=O)N3)cc1. The Kier molecular flexibility index (Phi) is 2.52. The van der Waals surface area contributed by atoms with Crippen molar-refractivity contribution in [1.82, 2.24) is 0 Å². The van der Waals surface area contributed by atoms with Crippen LogP contribution in [0.4, 0.5) is 10.5 Å². The summed E-state index contributed by atoms with van der Waals surface area (Å²) in [5.41, 5.74) is 5.39. The molecule has 0 saturated carbocycles. The van der Waals surface area contributed by atoms with E-state index in [1.54, 1.807) is 0 Å². The number of fused-ring (bicyclic) bond motifs is 1. The second-order valence-corrected chi connectivity index (χ2v) is 4.44. The number of anilines is 1. The van der Waals surface area contributed by atoms with Crippen molar-refractivity contribution >= 4 is 11.8 Å². The Morgan fingerprint density at radius 2 is 1.78 bits per heavy atom. The molecule has 1 aliphatic heterocycles. The summed E-state index contributed by atoms with van der Waals surface area (Å²) in [7, 11) is 0. The molecule has 2 aromatic carbocycles. The van der Waals surface area contributed by atoms with Gasteiger partial charge in [0.2, 0.25) is 0 Å². The minimum Gasteiger partial charge on any atom is -0.444 e. The number of rotatable bonds is 1. The molecule has 0 fully saturated rings. The average molecular weight is 239 g/mol. The van der Waals surface area contributed by atoms with Gasteiger partial charge in [-0.25, -0.2) is 4.79 Å². The monoisotopic (exact) mass is 239 g/mol. The van der Waals surface area contributed by atoms with E-state index in [-0.39, 0.29) is 6.09 Å². The second kappa shape index (κ2) is 4.18. The molecule has 0 radical (unpaired) electrons. The summed E-state index contributed by atoms with van der Waals surface area (Å²) >= 11 is 0. The van der Waals surface area contributed by atoms with Crippen molar-refractivity contribution < 1.29 is 9.53 Å². The highest BCUT2D eigenvalue weighted by molar-refractivity contribution is 5.88. The highest BCUT2D eigenvalue weighted by Gasteiger charge is 2.15. The third-order valence-electron chi connectivity index (χ3n) is 3.09. The van der Waals surface area contributed by atoms with Gasteiger partial charge in [0.05, 0.1) is 5.69 Å². The largest absolute Gasteiger partial charge is 0.444 e. The normalized spacial score (nSPS) is 13.5. The number of amides is 1. The van der Waals surface area contributed by atoms with Gasteiger partial charge in [-0.2, -0.15) is 0 Å². The maximum absolute atomic E-state index is 11.1. The fourth-order valence-electron chi connectivity index (χ4n) is 2.05. The van der Waals surface area contributed by atoms with E-state index in [4.69, 9.17) is 4.74 Å². The van der Waals surface area contributed by atoms with E-state index in [0.29, 0.717) is 6.61 Å². The van der Waals surface area contributed by atoms with Crippen LogP contribution in [-0.2, 0) is 11.3 Å². The Bertz CT molecular complexity index is 602. The van der Waals surface area contributed by atoms with Crippen molar-refractivity contribution in [3.8, 4) is 11.1 Å². The number of aryl methyl sites for hydroxylation is 1. The van der Waals surface area contributed by atoms with E-state index < -0.39 is 0 Å². The van der Waals surface area contributed by atoms with Crippen LogP contribution in [0, 0.1) is 6.92 Å². The van der Waals surface area contributed by atoms with Crippen molar-refractivity contribution in [1.29, 1.82) is 0 Å². The van der Waals surface area contributed by atoms with E-state index in [9.17, 15) is 4.79 Å². The first kappa shape index (κ1) is 10.8. The van der Waals surface area contributed by atoms with Crippen LogP contribution in [0.5, 0.6) is 0 Å². The zero-order valence-corrected chi connectivity index (χ0v) is 10.1. The van der Waals surface area contributed by atoms with E-state index >= 15 is 0 Å². The Hall–Kier alpha value is -2.29. The number of hydrogen-bond donors (Lipinski definition) is 1. The van der Waals surface area contributed by atoms with Gasteiger partial charge in [-0.1, -0.05) is 35.9 Å². The van der Waals surface area contributed by atoms with Gasteiger partial charge in [0.15, 0.2) is 0 Å². The van der Waals surface area contributed by atoms with E-state index in [0.717, 1.165) is 16.8 Å². The van der Waals surface area contributed by atoms with Crippen LogP contribution in [-0.4, -0.2) is 6.09 Å². The van der Waals surface area contributed by atoms with Crippen LogP contribution >= 0.6 is 0 Å². The van der Waals surface area contributed by atoms with E-state index in [2.05, 4.69) is 42.6 Å². The van der Waals surface area contributed by atoms with Gasteiger partial charge in [0.1, 0.15) is 6.61 Å². The van der Waals surface area contributed by atoms with Gasteiger partial charge >= 0.3 is 6.09 Å². The predicted molar refractivity (Wildman–Crippen MR) is 70.4 cm³/mol. The fraction of sp³-hybridized carbons (Fsp3) is 0.133. The van der Waals surface area contributed by atoms with Gasteiger partial charge in [0, 0.05) is 5.56 Å². The number of ether oxygens (including phenoxy) is 1. The molecule has 0 bridgehead atoms. The third kappa shape index (κ3) is 1.95. The number of benzene rings is 2. The molecule has 1 aliphatic rings. The van der Waals surface area contributed by atoms with Gasteiger partial charge in [-0.05, 0) is 30.2 Å². The Labute approximate surface area is 105 Å². The molecule has 0 saturated heterocycles. The van der Waals surface area contributed by atoms with Crippen LogP contribution in [0.1, 0.15) is 11.1 Å². The highest BCUT2D eigenvalue weighted by Crippen LogP contribution is 2.28. The lowest BCUT2D eigenvalue weighted by Crippen LogP contribution is -2.20. The molecule has 0 spiro atoms. The van der Waals surface area contributed by atoms with Crippen molar-refractivity contribution in [2.45, 2.75) is 13.5 Å². The van der Waals surface area contributed by atoms with Gasteiger partial charge < -0.3 is 4.74 Å². The molecule has 1 amide bonds. The van der Waals surface area contributed by atoms with Gasteiger partial charge in [-0.3, -0.25) is 5.32 Å². The molecule has 1 N–H and O–H groups in total. The van der Waals surface area contributed by atoms with Crippen molar-refractivity contribution in [3.05, 3.63) is 53.6 Å².